The molecule has 1 aliphatic carbocycles. The number of carboxylic acids is 1. The molecular weight excluding hydrogens is 572 g/mol. The van der Waals surface area contributed by atoms with E-state index in [0.717, 1.165) is 15.5 Å². The van der Waals surface area contributed by atoms with Crippen LogP contribution in [-0.2, 0) is 13.0 Å². The summed E-state index contributed by atoms with van der Waals surface area (Å²) in [5, 5.41) is 23.9. The van der Waals surface area contributed by atoms with Gasteiger partial charge in [0, 0.05) is 12.2 Å². The first-order valence-corrected chi connectivity index (χ1v) is 13.4. The van der Waals surface area contributed by atoms with Crippen molar-refractivity contribution in [2.24, 2.45) is 0 Å². The van der Waals surface area contributed by atoms with Crippen LogP contribution in [0.5, 0.6) is 0 Å². The number of rotatable bonds is 8. The lowest BCUT2D eigenvalue weighted by molar-refractivity contribution is 0.0695. The van der Waals surface area contributed by atoms with Gasteiger partial charge in [0.05, 0.1) is 11.6 Å². The van der Waals surface area contributed by atoms with E-state index < -0.39 is 40.4 Å². The summed E-state index contributed by atoms with van der Waals surface area (Å²) in [7, 11) is 0. The van der Waals surface area contributed by atoms with Crippen molar-refractivity contribution >= 4 is 40.6 Å². The number of H-pyrrole nitrogens is 1. The number of aromatic carboxylic acids is 1. The molecule has 44 heavy (non-hydrogen) atoms. The maximum atomic E-state index is 13.5. The minimum absolute atomic E-state index is 0.00924. The van der Waals surface area contributed by atoms with Gasteiger partial charge >= 0.3 is 11.7 Å². The Labute approximate surface area is 246 Å². The zero-order chi connectivity index (χ0) is 31.3. The van der Waals surface area contributed by atoms with Gasteiger partial charge in [-0.2, -0.15) is 0 Å². The van der Waals surface area contributed by atoms with Gasteiger partial charge in [0.2, 0.25) is 0 Å². The zero-order valence-electron chi connectivity index (χ0n) is 23.1. The third-order valence-electron chi connectivity index (χ3n) is 7.68. The molecule has 15 heteroatoms. The third kappa shape index (κ3) is 4.75. The molecule has 1 atom stereocenters. The Kier molecular flexibility index (Phi) is 6.76. The smallest absolute Gasteiger partial charge is 0.349 e. The molecule has 15 nitrogen and oxygen atoms in total. The van der Waals surface area contributed by atoms with Gasteiger partial charge in [-0.1, -0.05) is 18.2 Å². The summed E-state index contributed by atoms with van der Waals surface area (Å²) in [5.41, 5.74) is 6.52. The summed E-state index contributed by atoms with van der Waals surface area (Å²) >= 11 is 0. The van der Waals surface area contributed by atoms with E-state index in [1.54, 1.807) is 37.3 Å². The topological polar surface area (TPSA) is 231 Å². The molecule has 1 aliphatic rings. The van der Waals surface area contributed by atoms with Crippen LogP contribution in [0, 0.1) is 6.92 Å². The van der Waals surface area contributed by atoms with Crippen molar-refractivity contribution in [1.29, 1.82) is 0 Å². The van der Waals surface area contributed by atoms with Crippen LogP contribution < -0.4 is 38.2 Å². The van der Waals surface area contributed by atoms with Gasteiger partial charge in [-0.05, 0) is 66.3 Å². The Hall–Kier alpha value is -6.12. The number of aromatic amines is 1. The number of carboxylic acid groups (broad SMARTS) is 1. The van der Waals surface area contributed by atoms with Crippen LogP contribution in [0.15, 0.2) is 56.8 Å². The lowest BCUT2D eigenvalue weighted by atomic mass is 9.98. The number of nitrogens with two attached hydrogens (primary N) is 1. The Balaban J connectivity index is 1.21. The largest absolute Gasteiger partial charge is 0.478 e. The fourth-order valence-corrected chi connectivity index (χ4v) is 5.40. The average Bonchev–Trinajstić information content (AvgIpc) is 3.61. The second-order valence-electron chi connectivity index (χ2n) is 10.3. The minimum atomic E-state index is -1.03. The van der Waals surface area contributed by atoms with Gasteiger partial charge < -0.3 is 26.8 Å². The monoisotopic (exact) mass is 596 g/mol. The van der Waals surface area contributed by atoms with Crippen LogP contribution in [-0.4, -0.2) is 42.5 Å². The number of benzene rings is 2. The van der Waals surface area contributed by atoms with E-state index in [1.807, 2.05) is 0 Å². The molecule has 0 radical (unpaired) electrons. The third-order valence-corrected chi connectivity index (χ3v) is 7.68. The van der Waals surface area contributed by atoms with Crippen molar-refractivity contribution in [3.05, 3.63) is 113 Å². The molecule has 0 saturated heterocycles. The van der Waals surface area contributed by atoms with Crippen molar-refractivity contribution < 1.29 is 19.5 Å². The molecule has 6 rings (SSSR count). The summed E-state index contributed by atoms with van der Waals surface area (Å²) in [6.07, 6.45) is 1.09. The fraction of sp³-hybridized carbons (Fsp3) is 0.172. The number of nitrogens with one attached hydrogen (secondary N) is 4. The molecule has 0 saturated carbocycles. The first-order valence-electron chi connectivity index (χ1n) is 13.4. The number of nitrogen functional groups attached to an aromatic ring is 1. The molecule has 0 aliphatic heterocycles. The predicted molar refractivity (Wildman–Crippen MR) is 157 cm³/mol. The summed E-state index contributed by atoms with van der Waals surface area (Å²) in [6, 6.07) is 10.6. The molecule has 2 aromatic heterocycles. The Bertz CT molecular complexity index is 2160. The number of carbonyl (C=O) groups is 3. The van der Waals surface area contributed by atoms with Gasteiger partial charge in [-0.15, -0.1) is 5.10 Å². The Morgan fingerprint density at radius 1 is 1.09 bits per heavy atom. The molecule has 222 valence electrons. The zero-order valence-corrected chi connectivity index (χ0v) is 23.1. The predicted octanol–water partition coefficient (Wildman–Crippen LogP) is 0.693. The lowest BCUT2D eigenvalue weighted by Crippen LogP contribution is -2.36. The first-order chi connectivity index (χ1) is 21.0. The second kappa shape index (κ2) is 10.6. The number of hydrogen-bond donors (Lipinski definition) is 6. The van der Waals surface area contributed by atoms with E-state index in [4.69, 9.17) is 5.73 Å². The van der Waals surface area contributed by atoms with E-state index in [2.05, 4.69) is 31.1 Å². The van der Waals surface area contributed by atoms with Crippen LogP contribution in [0.2, 0.25) is 0 Å². The summed E-state index contributed by atoms with van der Waals surface area (Å²) < 4.78 is 0.961. The van der Waals surface area contributed by atoms with Crippen LogP contribution in [0.1, 0.15) is 66.1 Å². The summed E-state index contributed by atoms with van der Waals surface area (Å²) in [5.74, 6) is -2.51. The van der Waals surface area contributed by atoms with Crippen LogP contribution in [0.4, 0.5) is 17.1 Å². The van der Waals surface area contributed by atoms with E-state index in [9.17, 15) is 33.9 Å². The van der Waals surface area contributed by atoms with E-state index in [-0.39, 0.29) is 40.6 Å². The molecule has 0 unspecified atom stereocenters. The summed E-state index contributed by atoms with van der Waals surface area (Å²) in [6.45, 7) is 1.76. The fourth-order valence-electron chi connectivity index (χ4n) is 5.40. The highest BCUT2D eigenvalue weighted by Gasteiger charge is 2.29. The molecule has 5 aromatic rings. The molecule has 0 bridgehead atoms. The molecule has 2 amide bonds. The first kappa shape index (κ1) is 28.0. The van der Waals surface area contributed by atoms with E-state index in [0.29, 0.717) is 29.7 Å². The quantitative estimate of drug-likeness (QED) is 0.136. The Morgan fingerprint density at radius 3 is 2.64 bits per heavy atom. The maximum Gasteiger partial charge on any atom is 0.349 e. The van der Waals surface area contributed by atoms with Crippen molar-refractivity contribution in [3.63, 3.8) is 0 Å². The highest BCUT2D eigenvalue weighted by molar-refractivity contribution is 5.98. The standard InChI is InChI=1S/C29H24N8O7/c1-12-15-7-8-18(17(15)6-5-16(12)27(42)43)33-26(41)20-10-19(34-28-35-36-29(44)37(20)28)25(40)31-11-13-3-2-4-14(9-13)32-22-21(30)23(38)24(22)39/h2-6,9-10,18,32H,7-8,11,30H2,1H3,(H,31,40)(H,33,41)(H,36,44)(H,42,43)/t18-/m0/s1. The number of anilines is 3. The molecule has 3 aromatic carbocycles. The highest BCUT2D eigenvalue weighted by Crippen LogP contribution is 2.35. The number of nitrogens with zero attached hydrogens (tertiary/aromatic N) is 3. The second-order valence-corrected chi connectivity index (χ2v) is 10.3. The van der Waals surface area contributed by atoms with E-state index >= 15 is 0 Å². The van der Waals surface area contributed by atoms with Gasteiger partial charge in [0.15, 0.2) is 0 Å². The molecule has 7 N–H and O–H groups in total. The maximum absolute atomic E-state index is 13.5. The van der Waals surface area contributed by atoms with Crippen molar-refractivity contribution in [3.8, 4) is 0 Å². The molecular formula is C29H24N8O7. The molecule has 2 heterocycles. The number of hydrogen-bond acceptors (Lipinski definition) is 10. The SMILES string of the molecule is Cc1c(C(=O)O)ccc2c1CC[C@@H]2NC(=O)c1cc(C(=O)NCc2cccc(Nc3c(N)c(=O)c3=O)c2)nc2n[nH]c(=O)n12. The van der Waals surface area contributed by atoms with Crippen LogP contribution in [0.25, 0.3) is 5.78 Å². The normalized spacial score (nSPS) is 14.0. The highest BCUT2D eigenvalue weighted by atomic mass is 16.4. The van der Waals surface area contributed by atoms with Crippen LogP contribution >= 0.6 is 0 Å². The van der Waals surface area contributed by atoms with Gasteiger partial charge in [0.1, 0.15) is 22.8 Å². The molecule has 0 fully saturated rings. The van der Waals surface area contributed by atoms with Gasteiger partial charge in [0.25, 0.3) is 28.4 Å². The lowest BCUT2D eigenvalue weighted by Gasteiger charge is -2.16. The van der Waals surface area contributed by atoms with Gasteiger partial charge in [-0.3, -0.25) is 19.2 Å². The minimum Gasteiger partial charge on any atom is -0.478 e. The van der Waals surface area contributed by atoms with Crippen LogP contribution in [0.3, 0.4) is 0 Å². The van der Waals surface area contributed by atoms with E-state index in [1.165, 1.54) is 12.1 Å². The van der Waals surface area contributed by atoms with Crippen molar-refractivity contribution in [2.45, 2.75) is 32.4 Å². The van der Waals surface area contributed by atoms with Gasteiger partial charge in [-0.25, -0.2) is 24.1 Å². The Morgan fingerprint density at radius 2 is 1.89 bits per heavy atom. The number of carbonyl (C=O) groups excluding carboxylic acids is 2. The number of fused-ring (bicyclic) bond motifs is 2. The number of aromatic nitrogens is 4. The average molecular weight is 597 g/mol. The number of amides is 2. The van der Waals surface area contributed by atoms with Crippen molar-refractivity contribution in [1.82, 2.24) is 30.2 Å². The van der Waals surface area contributed by atoms with Crippen molar-refractivity contribution in [2.75, 3.05) is 11.1 Å². The molecule has 0 spiro atoms. The summed E-state index contributed by atoms with van der Waals surface area (Å²) in [4.78, 5) is 77.8.